The summed E-state index contributed by atoms with van der Waals surface area (Å²) in [6.45, 7) is 2.97. The van der Waals surface area contributed by atoms with Crippen LogP contribution in [0.15, 0.2) is 39.5 Å². The molecule has 1 N–H and O–H groups in total. The van der Waals surface area contributed by atoms with Crippen LogP contribution in [0.5, 0.6) is 28.7 Å². The summed E-state index contributed by atoms with van der Waals surface area (Å²) in [5, 5.41) is 10.8. The van der Waals surface area contributed by atoms with Crippen molar-refractivity contribution in [1.82, 2.24) is 4.90 Å². The fourth-order valence-electron chi connectivity index (χ4n) is 3.79. The topological polar surface area (TPSA) is 108 Å². The van der Waals surface area contributed by atoms with E-state index in [1.165, 1.54) is 20.3 Å². The number of benzene rings is 2. The van der Waals surface area contributed by atoms with Gasteiger partial charge in [-0.15, -0.1) is 0 Å². The summed E-state index contributed by atoms with van der Waals surface area (Å²) < 4.78 is 28.0. The highest BCUT2D eigenvalue weighted by molar-refractivity contribution is 5.93. The first kappa shape index (κ1) is 26.7. The van der Waals surface area contributed by atoms with Crippen LogP contribution >= 0.6 is 0 Å². The minimum Gasteiger partial charge on any atom is -0.502 e. The molecule has 0 aliphatic carbocycles. The van der Waals surface area contributed by atoms with Crippen molar-refractivity contribution in [2.75, 3.05) is 41.5 Å². The zero-order chi connectivity index (χ0) is 26.2. The normalized spacial score (nSPS) is 10.8. The summed E-state index contributed by atoms with van der Waals surface area (Å²) in [6.07, 6.45) is 2.73. The molecule has 3 aromatic rings. The molecule has 0 atom stereocenters. The van der Waals surface area contributed by atoms with Gasteiger partial charge in [0.2, 0.25) is 22.8 Å². The van der Waals surface area contributed by atoms with Crippen LogP contribution < -0.4 is 24.4 Å². The van der Waals surface area contributed by atoms with Crippen LogP contribution in [0.25, 0.3) is 22.3 Å². The Bertz CT molecular complexity index is 1250. The molecular formula is C27H33NO8. The van der Waals surface area contributed by atoms with Crippen LogP contribution in [0.4, 0.5) is 0 Å². The predicted molar refractivity (Wildman–Crippen MR) is 137 cm³/mol. The molecule has 1 amide bonds. The molecule has 0 fully saturated rings. The smallest absolute Gasteiger partial charge is 0.238 e. The van der Waals surface area contributed by atoms with Crippen LogP contribution in [0.3, 0.4) is 0 Å². The van der Waals surface area contributed by atoms with Crippen molar-refractivity contribution >= 4 is 16.9 Å². The molecule has 1 aromatic heterocycles. The highest BCUT2D eigenvalue weighted by atomic mass is 16.5. The van der Waals surface area contributed by atoms with Crippen molar-refractivity contribution < 1.29 is 33.3 Å². The maximum atomic E-state index is 13.3. The Kier molecular flexibility index (Phi) is 9.05. The second-order valence-corrected chi connectivity index (χ2v) is 8.27. The Hall–Kier alpha value is -3.88. The van der Waals surface area contributed by atoms with Crippen LogP contribution in [0.2, 0.25) is 0 Å². The molecule has 9 heteroatoms. The molecule has 0 aliphatic heterocycles. The van der Waals surface area contributed by atoms with Gasteiger partial charge in [-0.2, -0.15) is 0 Å². The number of aromatic hydroxyl groups is 1. The number of carbonyl (C=O) groups is 1. The molecule has 0 bridgehead atoms. The lowest BCUT2D eigenvalue weighted by molar-refractivity contribution is -0.130. The maximum Gasteiger partial charge on any atom is 0.238 e. The number of carbonyl (C=O) groups excluding carboxylic acids is 1. The number of rotatable bonds is 12. The monoisotopic (exact) mass is 499 g/mol. The quantitative estimate of drug-likeness (QED) is 0.360. The second kappa shape index (κ2) is 12.2. The van der Waals surface area contributed by atoms with Crippen LogP contribution in [-0.2, 0) is 4.79 Å². The summed E-state index contributed by atoms with van der Waals surface area (Å²) in [6, 6.07) is 8.23. The van der Waals surface area contributed by atoms with E-state index in [-0.39, 0.29) is 40.7 Å². The van der Waals surface area contributed by atoms with Crippen molar-refractivity contribution in [3.63, 3.8) is 0 Å². The molecule has 2 aromatic carbocycles. The Morgan fingerprint density at radius 3 is 2.36 bits per heavy atom. The van der Waals surface area contributed by atoms with E-state index in [0.717, 1.165) is 12.8 Å². The van der Waals surface area contributed by atoms with Gasteiger partial charge < -0.3 is 33.4 Å². The molecule has 0 spiro atoms. The highest BCUT2D eigenvalue weighted by Crippen LogP contribution is 2.43. The molecule has 36 heavy (non-hydrogen) atoms. The summed E-state index contributed by atoms with van der Waals surface area (Å²) in [7, 11) is 6.22. The first-order chi connectivity index (χ1) is 17.4. The van der Waals surface area contributed by atoms with Crippen molar-refractivity contribution in [3.05, 3.63) is 40.6 Å². The molecule has 0 radical (unpaired) electrons. The van der Waals surface area contributed by atoms with E-state index in [1.807, 2.05) is 0 Å². The number of hydrogen-bond acceptors (Lipinski definition) is 8. The van der Waals surface area contributed by atoms with E-state index in [9.17, 15) is 14.7 Å². The van der Waals surface area contributed by atoms with E-state index in [0.29, 0.717) is 36.4 Å². The van der Waals surface area contributed by atoms with E-state index in [2.05, 4.69) is 6.92 Å². The Morgan fingerprint density at radius 2 is 1.75 bits per heavy atom. The minimum absolute atomic E-state index is 0.0200. The number of ether oxygens (including phenoxy) is 4. The van der Waals surface area contributed by atoms with E-state index in [1.54, 1.807) is 43.3 Å². The number of fused-ring (bicyclic) bond motifs is 1. The highest BCUT2D eigenvalue weighted by Gasteiger charge is 2.25. The van der Waals surface area contributed by atoms with Crippen LogP contribution in [-0.4, -0.2) is 57.4 Å². The average molecular weight is 500 g/mol. The molecular weight excluding hydrogens is 466 g/mol. The minimum atomic E-state index is -0.673. The first-order valence-electron chi connectivity index (χ1n) is 11.8. The SMILES string of the molecule is CCCCN(C)C(=O)CCCOc1cc(OC)c(OC)c2oc(-c3ccc(OC)cc3)c(O)c(=O)c12. The molecule has 3 rings (SSSR count). The van der Waals surface area contributed by atoms with Gasteiger partial charge >= 0.3 is 0 Å². The van der Waals surface area contributed by atoms with E-state index in [4.69, 9.17) is 23.4 Å². The number of unbranched alkanes of at least 4 members (excludes halogenated alkanes) is 1. The lowest BCUT2D eigenvalue weighted by atomic mass is 10.1. The second-order valence-electron chi connectivity index (χ2n) is 8.27. The van der Waals surface area contributed by atoms with Gasteiger partial charge in [-0.1, -0.05) is 13.3 Å². The molecule has 1 heterocycles. The number of nitrogens with zero attached hydrogens (tertiary/aromatic N) is 1. The fraction of sp³-hybridized carbons (Fsp3) is 0.407. The van der Waals surface area contributed by atoms with Crippen molar-refractivity contribution in [1.29, 1.82) is 0 Å². The standard InChI is InChI=1S/C27H33NO8/c1-6-7-14-28(2)21(29)9-8-15-35-19-16-20(33-4)26(34-5)27-22(19)23(30)24(31)25(36-27)17-10-12-18(32-3)13-11-17/h10-13,16,31H,6-9,14-15H2,1-5H3. The summed E-state index contributed by atoms with van der Waals surface area (Å²) in [4.78, 5) is 27.3. The zero-order valence-corrected chi connectivity index (χ0v) is 21.4. The third kappa shape index (κ3) is 5.67. The maximum absolute atomic E-state index is 13.3. The van der Waals surface area contributed by atoms with Gasteiger partial charge in [0, 0.05) is 31.6 Å². The fourth-order valence-corrected chi connectivity index (χ4v) is 3.79. The average Bonchev–Trinajstić information content (AvgIpc) is 2.90. The van der Waals surface area contributed by atoms with E-state index >= 15 is 0 Å². The van der Waals surface area contributed by atoms with Gasteiger partial charge in [-0.25, -0.2) is 0 Å². The molecule has 0 aliphatic rings. The van der Waals surface area contributed by atoms with Gasteiger partial charge in [-0.05, 0) is 37.1 Å². The van der Waals surface area contributed by atoms with Crippen molar-refractivity contribution in [3.8, 4) is 40.1 Å². The van der Waals surface area contributed by atoms with Gasteiger partial charge in [0.05, 0.1) is 27.9 Å². The van der Waals surface area contributed by atoms with Gasteiger partial charge in [-0.3, -0.25) is 9.59 Å². The van der Waals surface area contributed by atoms with Crippen molar-refractivity contribution in [2.45, 2.75) is 32.6 Å². The van der Waals surface area contributed by atoms with Gasteiger partial charge in [0.15, 0.2) is 17.1 Å². The Morgan fingerprint density at radius 1 is 1.03 bits per heavy atom. The Balaban J connectivity index is 1.95. The summed E-state index contributed by atoms with van der Waals surface area (Å²) >= 11 is 0. The third-order valence-electron chi connectivity index (χ3n) is 5.87. The summed E-state index contributed by atoms with van der Waals surface area (Å²) in [5.41, 5.74) is -0.116. The van der Waals surface area contributed by atoms with Crippen LogP contribution in [0, 0.1) is 0 Å². The van der Waals surface area contributed by atoms with Gasteiger partial charge in [0.25, 0.3) is 0 Å². The number of amides is 1. The number of methoxy groups -OCH3 is 3. The summed E-state index contributed by atoms with van der Waals surface area (Å²) in [5.74, 6) is 0.729. The predicted octanol–water partition coefficient (Wildman–Crippen LogP) is 4.61. The number of hydrogen-bond donors (Lipinski definition) is 1. The third-order valence-corrected chi connectivity index (χ3v) is 5.87. The van der Waals surface area contributed by atoms with Gasteiger partial charge in [0.1, 0.15) is 16.9 Å². The lowest BCUT2D eigenvalue weighted by Gasteiger charge is -2.17. The first-order valence-corrected chi connectivity index (χ1v) is 11.8. The molecule has 0 unspecified atom stereocenters. The van der Waals surface area contributed by atoms with Crippen LogP contribution in [0.1, 0.15) is 32.6 Å². The Labute approximate surface area is 210 Å². The molecule has 0 saturated heterocycles. The molecule has 9 nitrogen and oxygen atoms in total. The molecule has 194 valence electrons. The van der Waals surface area contributed by atoms with Crippen molar-refractivity contribution in [2.24, 2.45) is 0 Å². The largest absolute Gasteiger partial charge is 0.502 e. The zero-order valence-electron chi connectivity index (χ0n) is 21.4. The lowest BCUT2D eigenvalue weighted by Crippen LogP contribution is -2.27. The molecule has 0 saturated carbocycles. The van der Waals surface area contributed by atoms with E-state index < -0.39 is 11.2 Å².